The predicted molar refractivity (Wildman–Crippen MR) is 74.1 cm³/mol. The van der Waals surface area contributed by atoms with E-state index < -0.39 is 0 Å². The molecule has 0 saturated carbocycles. The van der Waals surface area contributed by atoms with E-state index in [1.54, 1.807) is 0 Å². The fraction of sp³-hybridized carbons (Fsp3) is 0.200. The molecule has 1 aromatic carbocycles. The maximum atomic E-state index is 12.5. The fourth-order valence-electron chi connectivity index (χ4n) is 2.49. The first-order valence-electron chi connectivity index (χ1n) is 5.97. The number of rotatable bonds is 0. The molecular weight excluding hydrogens is 224 g/mol. The van der Waals surface area contributed by atoms with Gasteiger partial charge < -0.3 is 4.98 Å². The summed E-state index contributed by atoms with van der Waals surface area (Å²) in [7, 11) is 0. The molecule has 3 nitrogen and oxygen atoms in total. The molecule has 0 bridgehead atoms. The topological polar surface area (TPSA) is 45.8 Å². The Morgan fingerprint density at radius 3 is 2.67 bits per heavy atom. The lowest BCUT2D eigenvalue weighted by Gasteiger charge is -2.07. The van der Waals surface area contributed by atoms with Gasteiger partial charge in [0.1, 0.15) is 5.65 Å². The number of aromatic nitrogens is 2. The summed E-state index contributed by atoms with van der Waals surface area (Å²) >= 11 is 0. The second-order valence-electron chi connectivity index (χ2n) is 4.76. The monoisotopic (exact) mass is 238 g/mol. The van der Waals surface area contributed by atoms with Crippen LogP contribution in [0.2, 0.25) is 0 Å². The van der Waals surface area contributed by atoms with Gasteiger partial charge in [-0.15, -0.1) is 0 Å². The highest BCUT2D eigenvalue weighted by atomic mass is 16.1. The van der Waals surface area contributed by atoms with Crippen molar-refractivity contribution in [2.75, 3.05) is 0 Å². The summed E-state index contributed by atoms with van der Waals surface area (Å²) in [5.41, 5.74) is 4.58. The van der Waals surface area contributed by atoms with Gasteiger partial charge in [0.2, 0.25) is 0 Å². The second kappa shape index (κ2) is 3.67. The van der Waals surface area contributed by atoms with Gasteiger partial charge in [-0.25, -0.2) is 4.98 Å². The predicted octanol–water partition coefficient (Wildman–Crippen LogP) is 3.00. The van der Waals surface area contributed by atoms with Crippen molar-refractivity contribution in [2.45, 2.75) is 20.8 Å². The molecule has 0 aliphatic carbocycles. The Kier molecular flexibility index (Phi) is 2.23. The van der Waals surface area contributed by atoms with Gasteiger partial charge in [-0.1, -0.05) is 12.1 Å². The molecule has 90 valence electrons. The molecule has 0 spiro atoms. The quantitative estimate of drug-likeness (QED) is 0.612. The summed E-state index contributed by atoms with van der Waals surface area (Å²) in [6, 6.07) is 7.71. The highest BCUT2D eigenvalue weighted by Crippen LogP contribution is 2.19. The molecule has 0 fully saturated rings. The van der Waals surface area contributed by atoms with E-state index in [-0.39, 0.29) is 5.43 Å². The number of fused-ring (bicyclic) bond motifs is 2. The molecule has 1 N–H and O–H groups in total. The van der Waals surface area contributed by atoms with Crippen molar-refractivity contribution in [3.05, 3.63) is 51.3 Å². The van der Waals surface area contributed by atoms with Crippen LogP contribution in [0.25, 0.3) is 21.9 Å². The Morgan fingerprint density at radius 1 is 1.11 bits per heavy atom. The van der Waals surface area contributed by atoms with Crippen LogP contribution in [0.1, 0.15) is 16.8 Å². The van der Waals surface area contributed by atoms with E-state index in [9.17, 15) is 4.79 Å². The van der Waals surface area contributed by atoms with Crippen LogP contribution < -0.4 is 5.43 Å². The molecule has 3 rings (SSSR count). The van der Waals surface area contributed by atoms with Gasteiger partial charge in [0.25, 0.3) is 0 Å². The first kappa shape index (κ1) is 11.0. The van der Waals surface area contributed by atoms with Crippen LogP contribution in [0.3, 0.4) is 0 Å². The number of nitrogens with zero attached hydrogens (tertiary/aromatic N) is 1. The molecule has 0 aliphatic rings. The van der Waals surface area contributed by atoms with E-state index in [0.717, 1.165) is 27.7 Å². The van der Waals surface area contributed by atoms with Crippen molar-refractivity contribution in [3.63, 3.8) is 0 Å². The number of benzene rings is 1. The molecule has 0 saturated heterocycles. The van der Waals surface area contributed by atoms with Crippen molar-refractivity contribution in [3.8, 4) is 0 Å². The Labute approximate surface area is 104 Å². The van der Waals surface area contributed by atoms with Crippen LogP contribution >= 0.6 is 0 Å². The number of hydrogen-bond acceptors (Lipinski definition) is 2. The van der Waals surface area contributed by atoms with Crippen LogP contribution in [0.5, 0.6) is 0 Å². The molecule has 0 amide bonds. The lowest BCUT2D eigenvalue weighted by molar-refractivity contribution is 1.19. The summed E-state index contributed by atoms with van der Waals surface area (Å²) in [5, 5.41) is 1.43. The Morgan fingerprint density at radius 2 is 1.89 bits per heavy atom. The molecular formula is C15H14N2O. The Balaban J connectivity index is 2.66. The van der Waals surface area contributed by atoms with Crippen LogP contribution in [0.15, 0.2) is 29.1 Å². The van der Waals surface area contributed by atoms with Gasteiger partial charge >= 0.3 is 0 Å². The van der Waals surface area contributed by atoms with E-state index >= 15 is 0 Å². The molecule has 3 heteroatoms. The zero-order valence-electron chi connectivity index (χ0n) is 10.7. The SMILES string of the molecule is Cc1cc(C)c2c(=O)c3cccc(C)c3[nH]c2n1. The zero-order valence-corrected chi connectivity index (χ0v) is 10.7. The lowest BCUT2D eigenvalue weighted by atomic mass is 10.1. The molecule has 18 heavy (non-hydrogen) atoms. The van der Waals surface area contributed by atoms with Gasteiger partial charge in [-0.05, 0) is 44.0 Å². The highest BCUT2D eigenvalue weighted by Gasteiger charge is 2.10. The molecule has 2 heterocycles. The average Bonchev–Trinajstić information content (AvgIpc) is 2.30. The van der Waals surface area contributed by atoms with E-state index in [0.29, 0.717) is 11.0 Å². The number of pyridine rings is 2. The van der Waals surface area contributed by atoms with Gasteiger partial charge in [-0.3, -0.25) is 4.79 Å². The summed E-state index contributed by atoms with van der Waals surface area (Å²) in [5.74, 6) is 0. The van der Waals surface area contributed by atoms with Gasteiger partial charge in [0.05, 0.1) is 10.9 Å². The van der Waals surface area contributed by atoms with Crippen molar-refractivity contribution >= 4 is 21.9 Å². The Hall–Kier alpha value is -2.16. The van der Waals surface area contributed by atoms with Crippen LogP contribution in [-0.4, -0.2) is 9.97 Å². The molecule has 0 atom stereocenters. The zero-order chi connectivity index (χ0) is 12.9. The van der Waals surface area contributed by atoms with Crippen molar-refractivity contribution in [1.82, 2.24) is 9.97 Å². The number of para-hydroxylation sites is 1. The van der Waals surface area contributed by atoms with E-state index in [2.05, 4.69) is 9.97 Å². The van der Waals surface area contributed by atoms with Crippen LogP contribution in [0, 0.1) is 20.8 Å². The number of nitrogens with one attached hydrogen (secondary N) is 1. The molecule has 2 aromatic heterocycles. The minimum Gasteiger partial charge on any atom is -0.339 e. The lowest BCUT2D eigenvalue weighted by Crippen LogP contribution is -2.08. The third kappa shape index (κ3) is 1.44. The smallest absolute Gasteiger partial charge is 0.199 e. The number of aromatic amines is 1. The first-order chi connectivity index (χ1) is 8.58. The van der Waals surface area contributed by atoms with Crippen molar-refractivity contribution in [1.29, 1.82) is 0 Å². The van der Waals surface area contributed by atoms with E-state index in [4.69, 9.17) is 0 Å². The number of aryl methyl sites for hydroxylation is 3. The molecule has 0 unspecified atom stereocenters. The van der Waals surface area contributed by atoms with E-state index in [1.165, 1.54) is 0 Å². The Bertz CT molecular complexity index is 831. The third-order valence-electron chi connectivity index (χ3n) is 3.33. The fourth-order valence-corrected chi connectivity index (χ4v) is 2.49. The van der Waals surface area contributed by atoms with Crippen LogP contribution in [0.4, 0.5) is 0 Å². The van der Waals surface area contributed by atoms with E-state index in [1.807, 2.05) is 45.0 Å². The maximum Gasteiger partial charge on any atom is 0.199 e. The highest BCUT2D eigenvalue weighted by molar-refractivity contribution is 5.93. The minimum absolute atomic E-state index is 0.0625. The summed E-state index contributed by atoms with van der Waals surface area (Å²) in [6.07, 6.45) is 0. The summed E-state index contributed by atoms with van der Waals surface area (Å²) in [4.78, 5) is 20.2. The van der Waals surface area contributed by atoms with Gasteiger partial charge in [0.15, 0.2) is 5.43 Å². The minimum atomic E-state index is 0.0625. The maximum absolute atomic E-state index is 12.5. The molecule has 3 aromatic rings. The third-order valence-corrected chi connectivity index (χ3v) is 3.33. The first-order valence-corrected chi connectivity index (χ1v) is 5.97. The van der Waals surface area contributed by atoms with Crippen molar-refractivity contribution < 1.29 is 0 Å². The molecule has 0 aliphatic heterocycles. The normalized spacial score (nSPS) is 11.3. The van der Waals surface area contributed by atoms with Crippen LogP contribution in [-0.2, 0) is 0 Å². The largest absolute Gasteiger partial charge is 0.339 e. The number of hydrogen-bond donors (Lipinski definition) is 1. The average molecular weight is 238 g/mol. The summed E-state index contributed by atoms with van der Waals surface area (Å²) < 4.78 is 0. The molecule has 0 radical (unpaired) electrons. The number of H-pyrrole nitrogens is 1. The van der Waals surface area contributed by atoms with Crippen molar-refractivity contribution in [2.24, 2.45) is 0 Å². The second-order valence-corrected chi connectivity index (χ2v) is 4.76. The standard InChI is InChI=1S/C15H14N2O/c1-8-5-4-6-11-13(8)17-15-12(14(11)18)9(2)7-10(3)16-15/h4-7H,1-3H3,(H,16,17,18). The summed E-state index contributed by atoms with van der Waals surface area (Å²) in [6.45, 7) is 5.88. The van der Waals surface area contributed by atoms with Gasteiger partial charge in [0, 0.05) is 11.1 Å². The van der Waals surface area contributed by atoms with Gasteiger partial charge in [-0.2, -0.15) is 0 Å².